The number of nitrogens with zero attached hydrogens (tertiary/aromatic N) is 3. The summed E-state index contributed by atoms with van der Waals surface area (Å²) in [4.78, 5) is 29.2. The molecule has 1 aliphatic heterocycles. The number of amides is 1. The maximum atomic E-state index is 14.2. The SMILES string of the molecule is CCOc1cc(OCC)cc(-n2cc(C(=O)N(CC)c3cc(F)cc(F)c3)c(=O)c3ccc(OCCCCCCCC[N+]4(C)CCOCC4)cc32)c1. The van der Waals surface area contributed by atoms with Gasteiger partial charge in [0.2, 0.25) is 5.43 Å². The molecule has 0 atom stereocenters. The standard InChI is InChI=1S/C41H52F2N3O6/c1-5-44(32-23-30(42)22-31(43)24-32)41(48)38-29-45(33-25-35(50-6-2)27-36(26-33)51-7-3)39-28-34(14-15-37(39)40(38)47)52-19-13-11-9-8-10-12-16-46(4)17-20-49-21-18-46/h14-15,22-29H,5-13,16-21H2,1-4H3/q+1. The Morgan fingerprint density at radius 2 is 1.44 bits per heavy atom. The lowest BCUT2D eigenvalue weighted by Gasteiger charge is -2.37. The third kappa shape index (κ3) is 9.89. The van der Waals surface area contributed by atoms with Gasteiger partial charge in [0.15, 0.2) is 0 Å². The molecule has 11 heteroatoms. The van der Waals surface area contributed by atoms with Crippen molar-refractivity contribution < 1.29 is 37.0 Å². The Morgan fingerprint density at radius 1 is 0.808 bits per heavy atom. The average molecular weight is 721 g/mol. The molecule has 4 aromatic rings. The highest BCUT2D eigenvalue weighted by Crippen LogP contribution is 2.30. The Hall–Kier alpha value is -4.48. The lowest BCUT2D eigenvalue weighted by atomic mass is 10.1. The van der Waals surface area contributed by atoms with Crippen molar-refractivity contribution in [1.82, 2.24) is 4.57 Å². The summed E-state index contributed by atoms with van der Waals surface area (Å²) in [5.74, 6) is -0.627. The van der Waals surface area contributed by atoms with E-state index in [-0.39, 0.29) is 23.2 Å². The van der Waals surface area contributed by atoms with Crippen LogP contribution in [0.15, 0.2) is 65.6 Å². The fourth-order valence-corrected chi connectivity index (χ4v) is 6.74. The molecule has 0 spiro atoms. The number of morpholine rings is 1. The summed E-state index contributed by atoms with van der Waals surface area (Å²) < 4.78 is 54.6. The minimum atomic E-state index is -0.823. The van der Waals surface area contributed by atoms with E-state index in [0.717, 1.165) is 68.2 Å². The Labute approximate surface area is 305 Å². The summed E-state index contributed by atoms with van der Waals surface area (Å²) >= 11 is 0. The summed E-state index contributed by atoms with van der Waals surface area (Å²) in [7, 11) is 2.33. The van der Waals surface area contributed by atoms with Gasteiger partial charge >= 0.3 is 0 Å². The number of hydrogen-bond acceptors (Lipinski definition) is 6. The zero-order chi connectivity index (χ0) is 37.1. The second kappa shape index (κ2) is 18.3. The molecule has 3 aromatic carbocycles. The molecule has 0 aliphatic carbocycles. The van der Waals surface area contributed by atoms with E-state index in [0.29, 0.717) is 48.3 Å². The Bertz CT molecular complexity index is 1830. The third-order valence-electron chi connectivity index (χ3n) is 9.60. The van der Waals surface area contributed by atoms with Crippen LogP contribution in [0.1, 0.15) is 69.7 Å². The highest BCUT2D eigenvalue weighted by molar-refractivity contribution is 6.07. The van der Waals surface area contributed by atoms with Crippen LogP contribution in [0.5, 0.6) is 17.2 Å². The lowest BCUT2D eigenvalue weighted by molar-refractivity contribution is -0.917. The fourth-order valence-electron chi connectivity index (χ4n) is 6.74. The molecule has 1 aromatic heterocycles. The van der Waals surface area contributed by atoms with E-state index >= 15 is 0 Å². The first-order valence-corrected chi connectivity index (χ1v) is 18.6. The molecule has 0 radical (unpaired) electrons. The average Bonchev–Trinajstić information content (AvgIpc) is 3.11. The summed E-state index contributed by atoms with van der Waals surface area (Å²) in [6, 6.07) is 13.5. The Kier molecular flexibility index (Phi) is 13.7. The van der Waals surface area contributed by atoms with Gasteiger partial charge in [0.25, 0.3) is 5.91 Å². The Balaban J connectivity index is 1.37. The van der Waals surface area contributed by atoms with Gasteiger partial charge in [-0.2, -0.15) is 0 Å². The molecule has 5 rings (SSSR count). The summed E-state index contributed by atoms with van der Waals surface area (Å²) in [5, 5.41) is 0.285. The molecule has 9 nitrogen and oxygen atoms in total. The topological polar surface area (TPSA) is 79.2 Å². The van der Waals surface area contributed by atoms with Gasteiger partial charge in [-0.05, 0) is 64.3 Å². The summed E-state index contributed by atoms with van der Waals surface area (Å²) in [6.45, 7) is 12.0. The molecule has 52 heavy (non-hydrogen) atoms. The van der Waals surface area contributed by atoms with E-state index in [9.17, 15) is 18.4 Å². The van der Waals surface area contributed by atoms with Crippen molar-refractivity contribution in [2.45, 2.75) is 59.3 Å². The maximum absolute atomic E-state index is 14.2. The van der Waals surface area contributed by atoms with Gasteiger partial charge in [-0.3, -0.25) is 9.59 Å². The summed E-state index contributed by atoms with van der Waals surface area (Å²) in [5.41, 5.74) is 0.462. The van der Waals surface area contributed by atoms with Crippen molar-refractivity contribution in [1.29, 1.82) is 0 Å². The van der Waals surface area contributed by atoms with E-state index in [1.807, 2.05) is 13.8 Å². The number of likely N-dealkylation sites (N-methyl/N-ethyl adjacent to an activating group) is 1. The maximum Gasteiger partial charge on any atom is 0.263 e. The number of fused-ring (bicyclic) bond motifs is 1. The molecule has 280 valence electrons. The second-order valence-corrected chi connectivity index (χ2v) is 13.5. The predicted molar refractivity (Wildman–Crippen MR) is 200 cm³/mol. The normalized spacial score (nSPS) is 14.0. The van der Waals surface area contributed by atoms with Gasteiger partial charge in [-0.25, -0.2) is 8.78 Å². The Morgan fingerprint density at radius 3 is 2.08 bits per heavy atom. The summed E-state index contributed by atoms with van der Waals surface area (Å²) in [6.07, 6.45) is 8.26. The second-order valence-electron chi connectivity index (χ2n) is 13.5. The van der Waals surface area contributed by atoms with Crippen LogP contribution in [0.4, 0.5) is 14.5 Å². The number of rotatable bonds is 18. The van der Waals surface area contributed by atoms with Crippen LogP contribution < -0.4 is 24.5 Å². The predicted octanol–water partition coefficient (Wildman–Crippen LogP) is 7.93. The van der Waals surface area contributed by atoms with Crippen molar-refractivity contribution in [3.63, 3.8) is 0 Å². The van der Waals surface area contributed by atoms with Crippen molar-refractivity contribution in [3.8, 4) is 22.9 Å². The number of halogens is 2. The van der Waals surface area contributed by atoms with Crippen LogP contribution in [0.25, 0.3) is 16.6 Å². The monoisotopic (exact) mass is 720 g/mol. The molecular weight excluding hydrogens is 668 g/mol. The molecule has 1 amide bonds. The van der Waals surface area contributed by atoms with Gasteiger partial charge in [0.05, 0.1) is 57.8 Å². The number of aromatic nitrogens is 1. The van der Waals surface area contributed by atoms with Gasteiger partial charge in [0.1, 0.15) is 47.5 Å². The van der Waals surface area contributed by atoms with Crippen LogP contribution in [0, 0.1) is 11.6 Å². The van der Waals surface area contributed by atoms with Crippen LogP contribution in [-0.2, 0) is 4.74 Å². The molecule has 0 saturated carbocycles. The minimum Gasteiger partial charge on any atom is -0.494 e. The number of quaternary nitrogens is 1. The lowest BCUT2D eigenvalue weighted by Crippen LogP contribution is -2.52. The van der Waals surface area contributed by atoms with Crippen molar-refractivity contribution in [2.75, 3.05) is 71.2 Å². The van der Waals surface area contributed by atoms with Crippen molar-refractivity contribution >= 4 is 22.5 Å². The fraction of sp³-hybridized carbons (Fsp3) is 0.463. The molecule has 0 unspecified atom stereocenters. The van der Waals surface area contributed by atoms with Crippen molar-refractivity contribution in [2.24, 2.45) is 0 Å². The smallest absolute Gasteiger partial charge is 0.263 e. The van der Waals surface area contributed by atoms with E-state index in [2.05, 4.69) is 7.05 Å². The quantitative estimate of drug-likeness (QED) is 0.0768. The molecule has 1 saturated heterocycles. The van der Waals surface area contributed by atoms with Crippen LogP contribution in [0.3, 0.4) is 0 Å². The van der Waals surface area contributed by atoms with Crippen LogP contribution >= 0.6 is 0 Å². The van der Waals surface area contributed by atoms with E-state index in [4.69, 9.17) is 18.9 Å². The van der Waals surface area contributed by atoms with E-state index in [1.54, 1.807) is 47.9 Å². The van der Waals surface area contributed by atoms with Crippen LogP contribution in [0.2, 0.25) is 0 Å². The number of carbonyl (C=O) groups is 1. The number of anilines is 1. The van der Waals surface area contributed by atoms with E-state index < -0.39 is 23.0 Å². The third-order valence-corrected chi connectivity index (χ3v) is 9.60. The van der Waals surface area contributed by atoms with Gasteiger partial charge in [-0.1, -0.05) is 19.3 Å². The number of ether oxygens (including phenoxy) is 4. The van der Waals surface area contributed by atoms with Gasteiger partial charge < -0.3 is 32.9 Å². The largest absolute Gasteiger partial charge is 0.494 e. The zero-order valence-corrected chi connectivity index (χ0v) is 30.9. The van der Waals surface area contributed by atoms with E-state index in [1.165, 1.54) is 36.9 Å². The van der Waals surface area contributed by atoms with Gasteiger partial charge in [0, 0.05) is 54.1 Å². The molecular formula is C41H52F2N3O6+. The van der Waals surface area contributed by atoms with Gasteiger partial charge in [-0.15, -0.1) is 0 Å². The highest BCUT2D eigenvalue weighted by atomic mass is 19.1. The molecule has 0 bridgehead atoms. The number of carbonyl (C=O) groups excluding carboxylic acids is 1. The van der Waals surface area contributed by atoms with Crippen LogP contribution in [-0.4, -0.2) is 81.2 Å². The number of hydrogen-bond donors (Lipinski definition) is 0. The number of pyridine rings is 1. The molecule has 0 N–H and O–H groups in total. The number of unbranched alkanes of at least 4 members (excludes halogenated alkanes) is 5. The first-order valence-electron chi connectivity index (χ1n) is 18.6. The molecule has 1 fully saturated rings. The minimum absolute atomic E-state index is 0.0142. The highest BCUT2D eigenvalue weighted by Gasteiger charge is 2.25. The molecule has 1 aliphatic rings. The first-order chi connectivity index (χ1) is 25.1. The van der Waals surface area contributed by atoms with Crippen molar-refractivity contribution in [3.05, 3.63) is 88.2 Å². The first kappa shape index (κ1) is 38.7. The zero-order valence-electron chi connectivity index (χ0n) is 30.9. The number of benzene rings is 3. The molecule has 2 heterocycles.